The van der Waals surface area contributed by atoms with E-state index >= 15 is 0 Å². The number of carbonyl (C=O) groups is 1. The van der Waals surface area contributed by atoms with Crippen LogP contribution < -0.4 is 10.5 Å². The molecule has 6 heteroatoms. The first-order valence-electron chi connectivity index (χ1n) is 8.37. The number of carboxylic acids is 1. The number of anilines is 1. The fraction of sp³-hybridized carbons (Fsp3) is 0.0476. The summed E-state index contributed by atoms with van der Waals surface area (Å²) in [5.41, 5.74) is 9.39. The van der Waals surface area contributed by atoms with Crippen molar-refractivity contribution in [2.24, 2.45) is 0 Å². The number of aryl methyl sites for hydroxylation is 1. The number of aromatic nitrogens is 2. The molecule has 0 spiro atoms. The van der Waals surface area contributed by atoms with Crippen molar-refractivity contribution in [3.8, 4) is 22.9 Å². The van der Waals surface area contributed by atoms with E-state index in [1.54, 1.807) is 30.3 Å². The van der Waals surface area contributed by atoms with Gasteiger partial charge in [0.15, 0.2) is 0 Å². The predicted octanol–water partition coefficient (Wildman–Crippen LogP) is 4.61. The van der Waals surface area contributed by atoms with Crippen molar-refractivity contribution in [2.75, 3.05) is 5.73 Å². The summed E-state index contributed by atoms with van der Waals surface area (Å²) in [5, 5.41) is 9.40. The Bertz CT molecular complexity index is 1130. The minimum absolute atomic E-state index is 0.191. The summed E-state index contributed by atoms with van der Waals surface area (Å²) >= 11 is 0. The van der Waals surface area contributed by atoms with Crippen LogP contribution in [-0.2, 0) is 0 Å². The molecule has 0 aliphatic carbocycles. The molecular weight excluding hydrogens is 342 g/mol. The van der Waals surface area contributed by atoms with E-state index in [1.807, 2.05) is 37.3 Å². The van der Waals surface area contributed by atoms with Gasteiger partial charge in [0.1, 0.15) is 22.8 Å². The van der Waals surface area contributed by atoms with Gasteiger partial charge < -0.3 is 20.6 Å². The van der Waals surface area contributed by atoms with Gasteiger partial charge in [0.05, 0.1) is 11.1 Å². The monoisotopic (exact) mass is 359 g/mol. The molecule has 0 unspecified atom stereocenters. The maximum Gasteiger partial charge on any atom is 0.337 e. The van der Waals surface area contributed by atoms with Gasteiger partial charge >= 0.3 is 5.97 Å². The first-order valence-corrected chi connectivity index (χ1v) is 8.37. The van der Waals surface area contributed by atoms with Crippen molar-refractivity contribution in [3.63, 3.8) is 0 Å². The molecule has 0 aliphatic heterocycles. The second-order valence-electron chi connectivity index (χ2n) is 6.29. The number of ether oxygens (including phenoxy) is 1. The number of imidazole rings is 1. The molecule has 0 saturated heterocycles. The number of hydrogen-bond acceptors (Lipinski definition) is 4. The topological polar surface area (TPSA) is 101 Å². The van der Waals surface area contributed by atoms with Crippen LogP contribution in [0.25, 0.3) is 22.4 Å². The second-order valence-corrected chi connectivity index (χ2v) is 6.29. The van der Waals surface area contributed by atoms with E-state index in [1.165, 1.54) is 0 Å². The highest BCUT2D eigenvalue weighted by atomic mass is 16.5. The van der Waals surface area contributed by atoms with Crippen LogP contribution in [0.1, 0.15) is 15.9 Å². The van der Waals surface area contributed by atoms with E-state index in [0.717, 1.165) is 11.1 Å². The molecule has 0 amide bonds. The standard InChI is InChI=1S/C21H17N3O3/c1-12-10-17(21(25)26)19-18(11-12)23-20(24-19)13-2-6-15(7-3-13)27-16-8-4-14(22)5-9-16/h2-11H,22H2,1H3,(H,23,24)(H,25,26). The van der Waals surface area contributed by atoms with Crippen LogP contribution in [0.5, 0.6) is 11.5 Å². The summed E-state index contributed by atoms with van der Waals surface area (Å²) in [7, 11) is 0. The molecule has 0 saturated carbocycles. The minimum atomic E-state index is -0.992. The van der Waals surface area contributed by atoms with Crippen molar-refractivity contribution >= 4 is 22.7 Å². The van der Waals surface area contributed by atoms with Crippen LogP contribution in [0.3, 0.4) is 0 Å². The Morgan fingerprint density at radius 1 is 1.04 bits per heavy atom. The zero-order chi connectivity index (χ0) is 19.0. The van der Waals surface area contributed by atoms with Crippen molar-refractivity contribution in [2.45, 2.75) is 6.92 Å². The van der Waals surface area contributed by atoms with Crippen molar-refractivity contribution in [3.05, 3.63) is 71.8 Å². The molecule has 4 N–H and O–H groups in total. The first kappa shape index (κ1) is 16.7. The largest absolute Gasteiger partial charge is 0.478 e. The average molecular weight is 359 g/mol. The summed E-state index contributed by atoms with van der Waals surface area (Å²) in [6, 6.07) is 18.1. The number of nitrogens with zero attached hydrogens (tertiary/aromatic N) is 1. The van der Waals surface area contributed by atoms with Crippen LogP contribution in [0.2, 0.25) is 0 Å². The van der Waals surface area contributed by atoms with Crippen molar-refractivity contribution in [1.29, 1.82) is 0 Å². The number of benzene rings is 3. The lowest BCUT2D eigenvalue weighted by molar-refractivity contribution is 0.0698. The third-order valence-corrected chi connectivity index (χ3v) is 4.20. The molecule has 1 aromatic heterocycles. The highest BCUT2D eigenvalue weighted by Crippen LogP contribution is 2.27. The molecule has 6 nitrogen and oxygen atoms in total. The van der Waals surface area contributed by atoms with E-state index in [2.05, 4.69) is 9.97 Å². The smallest absolute Gasteiger partial charge is 0.337 e. The van der Waals surface area contributed by atoms with Gasteiger partial charge in [0, 0.05) is 11.3 Å². The fourth-order valence-corrected chi connectivity index (χ4v) is 2.91. The number of carboxylic acid groups (broad SMARTS) is 1. The van der Waals surface area contributed by atoms with Gasteiger partial charge in [-0.3, -0.25) is 0 Å². The number of H-pyrrole nitrogens is 1. The molecular formula is C21H17N3O3. The van der Waals surface area contributed by atoms with E-state index in [0.29, 0.717) is 34.0 Å². The maximum absolute atomic E-state index is 11.5. The normalized spacial score (nSPS) is 10.9. The molecule has 0 fully saturated rings. The van der Waals surface area contributed by atoms with Gasteiger partial charge in [-0.1, -0.05) is 0 Å². The molecule has 27 heavy (non-hydrogen) atoms. The summed E-state index contributed by atoms with van der Waals surface area (Å²) in [6.07, 6.45) is 0. The Labute approximate surface area is 155 Å². The summed E-state index contributed by atoms with van der Waals surface area (Å²) in [6.45, 7) is 1.86. The molecule has 1 heterocycles. The number of nitrogen functional groups attached to an aromatic ring is 1. The molecule has 4 aromatic rings. The number of aromatic carboxylic acids is 1. The van der Waals surface area contributed by atoms with Crippen molar-refractivity contribution < 1.29 is 14.6 Å². The van der Waals surface area contributed by atoms with Crippen molar-refractivity contribution in [1.82, 2.24) is 9.97 Å². The predicted molar refractivity (Wildman–Crippen MR) is 104 cm³/mol. The van der Waals surface area contributed by atoms with Gasteiger partial charge in [0.25, 0.3) is 0 Å². The molecule has 0 bridgehead atoms. The first-order chi connectivity index (χ1) is 13.0. The molecule has 0 atom stereocenters. The van der Waals surface area contributed by atoms with Gasteiger partial charge in [-0.05, 0) is 73.2 Å². The van der Waals surface area contributed by atoms with E-state index in [-0.39, 0.29) is 5.56 Å². The quantitative estimate of drug-likeness (QED) is 0.462. The highest BCUT2D eigenvalue weighted by Gasteiger charge is 2.14. The Kier molecular flexibility index (Phi) is 4.01. The van der Waals surface area contributed by atoms with Gasteiger partial charge in [-0.15, -0.1) is 0 Å². The highest BCUT2D eigenvalue weighted by molar-refractivity contribution is 6.02. The third kappa shape index (κ3) is 3.32. The van der Waals surface area contributed by atoms with Gasteiger partial charge in [0.2, 0.25) is 0 Å². The van der Waals surface area contributed by atoms with Crippen LogP contribution in [0.4, 0.5) is 5.69 Å². The zero-order valence-electron chi connectivity index (χ0n) is 14.6. The molecule has 3 aromatic carbocycles. The lowest BCUT2D eigenvalue weighted by Gasteiger charge is -2.06. The number of nitrogens with two attached hydrogens (primary N) is 1. The number of aromatic amines is 1. The lowest BCUT2D eigenvalue weighted by Crippen LogP contribution is -1.98. The minimum Gasteiger partial charge on any atom is -0.478 e. The summed E-state index contributed by atoms with van der Waals surface area (Å²) in [5.74, 6) is 0.995. The molecule has 4 rings (SSSR count). The van der Waals surface area contributed by atoms with Gasteiger partial charge in [-0.2, -0.15) is 0 Å². The Morgan fingerprint density at radius 2 is 1.67 bits per heavy atom. The van der Waals surface area contributed by atoms with Crippen LogP contribution in [-0.4, -0.2) is 21.0 Å². The Balaban J connectivity index is 1.64. The molecule has 134 valence electrons. The van der Waals surface area contributed by atoms with Crippen LogP contribution >= 0.6 is 0 Å². The number of fused-ring (bicyclic) bond motifs is 1. The lowest BCUT2D eigenvalue weighted by atomic mass is 10.1. The number of nitrogens with one attached hydrogen (secondary N) is 1. The van der Waals surface area contributed by atoms with E-state index in [4.69, 9.17) is 10.5 Å². The fourth-order valence-electron chi connectivity index (χ4n) is 2.91. The second kappa shape index (κ2) is 6.49. The Hall–Kier alpha value is -3.80. The van der Waals surface area contributed by atoms with Gasteiger partial charge in [-0.25, -0.2) is 9.78 Å². The molecule has 0 aliphatic rings. The number of hydrogen-bond donors (Lipinski definition) is 3. The zero-order valence-corrected chi connectivity index (χ0v) is 14.6. The van der Waals surface area contributed by atoms with Crippen LogP contribution in [0.15, 0.2) is 60.7 Å². The number of rotatable bonds is 4. The Morgan fingerprint density at radius 3 is 2.30 bits per heavy atom. The van der Waals surface area contributed by atoms with E-state index < -0.39 is 5.97 Å². The summed E-state index contributed by atoms with van der Waals surface area (Å²) < 4.78 is 5.79. The maximum atomic E-state index is 11.5. The molecule has 0 radical (unpaired) electrons. The SMILES string of the molecule is Cc1cc(C(=O)O)c2nc(-c3ccc(Oc4ccc(N)cc4)cc3)[nH]c2c1. The van der Waals surface area contributed by atoms with E-state index in [9.17, 15) is 9.90 Å². The average Bonchev–Trinajstić information content (AvgIpc) is 3.07. The third-order valence-electron chi connectivity index (χ3n) is 4.20. The van der Waals surface area contributed by atoms with Crippen LogP contribution in [0, 0.1) is 6.92 Å². The summed E-state index contributed by atoms with van der Waals surface area (Å²) in [4.78, 5) is 19.1.